The van der Waals surface area contributed by atoms with Crippen LogP contribution in [0.4, 0.5) is 5.69 Å². The van der Waals surface area contributed by atoms with Gasteiger partial charge < -0.3 is 10.2 Å². The van der Waals surface area contributed by atoms with Gasteiger partial charge in [0.05, 0.1) is 17.3 Å². The van der Waals surface area contributed by atoms with Crippen LogP contribution in [0.1, 0.15) is 13.3 Å². The second kappa shape index (κ2) is 5.61. The fourth-order valence-corrected chi connectivity index (χ4v) is 2.18. The molecular weight excluding hydrogens is 264 g/mol. The van der Waals surface area contributed by atoms with Crippen molar-refractivity contribution in [3.05, 3.63) is 29.3 Å². The van der Waals surface area contributed by atoms with E-state index in [-0.39, 0.29) is 24.3 Å². The highest BCUT2D eigenvalue weighted by molar-refractivity contribution is 6.33. The normalized spacial score (nSPS) is 20.8. The molecule has 0 aromatic heterocycles. The maximum absolute atomic E-state index is 11.9. The van der Waals surface area contributed by atoms with Crippen LogP contribution in [-0.4, -0.2) is 30.3 Å². The Balaban J connectivity index is 1.87. The first kappa shape index (κ1) is 13.9. The second-order valence-electron chi connectivity index (χ2n) is 5.04. The first-order valence-electron chi connectivity index (χ1n) is 6.28. The average molecular weight is 281 g/mol. The molecule has 1 aliphatic rings. The first-order valence-corrected chi connectivity index (χ1v) is 6.66. The Hall–Kier alpha value is -1.55. The molecule has 19 heavy (non-hydrogen) atoms. The highest BCUT2D eigenvalue weighted by atomic mass is 35.5. The van der Waals surface area contributed by atoms with Crippen LogP contribution in [0.15, 0.2) is 24.3 Å². The van der Waals surface area contributed by atoms with Crippen molar-refractivity contribution < 1.29 is 9.59 Å². The molecule has 1 aromatic carbocycles. The van der Waals surface area contributed by atoms with Crippen molar-refractivity contribution in [3.8, 4) is 0 Å². The molecule has 0 heterocycles. The molecule has 1 aliphatic carbocycles. The van der Waals surface area contributed by atoms with Gasteiger partial charge in [-0.15, -0.1) is 0 Å². The Labute approximate surface area is 117 Å². The molecule has 0 unspecified atom stereocenters. The van der Waals surface area contributed by atoms with Gasteiger partial charge in [-0.2, -0.15) is 0 Å². The molecule has 4 nitrogen and oxygen atoms in total. The van der Waals surface area contributed by atoms with Crippen molar-refractivity contribution in [2.24, 2.45) is 11.8 Å². The van der Waals surface area contributed by atoms with E-state index in [4.69, 9.17) is 11.6 Å². The van der Waals surface area contributed by atoms with Crippen LogP contribution in [0.2, 0.25) is 5.02 Å². The van der Waals surface area contributed by atoms with Crippen molar-refractivity contribution in [1.82, 2.24) is 4.90 Å². The number of likely N-dealkylation sites (N-methyl/N-ethyl adjacent to an activating group) is 1. The van der Waals surface area contributed by atoms with Crippen LogP contribution < -0.4 is 5.32 Å². The fraction of sp³-hybridized carbons (Fsp3) is 0.429. The summed E-state index contributed by atoms with van der Waals surface area (Å²) in [4.78, 5) is 25.2. The summed E-state index contributed by atoms with van der Waals surface area (Å²) in [6, 6.07) is 7.02. The quantitative estimate of drug-likeness (QED) is 0.921. The minimum atomic E-state index is -0.239. The molecule has 2 atom stereocenters. The van der Waals surface area contributed by atoms with E-state index in [0.29, 0.717) is 16.6 Å². The number of para-hydroxylation sites is 1. The number of benzene rings is 1. The highest BCUT2D eigenvalue weighted by Gasteiger charge is 2.40. The monoisotopic (exact) mass is 280 g/mol. The Morgan fingerprint density at radius 3 is 2.63 bits per heavy atom. The summed E-state index contributed by atoms with van der Waals surface area (Å²) in [5, 5.41) is 3.19. The molecule has 0 aliphatic heterocycles. The zero-order chi connectivity index (χ0) is 14.0. The lowest BCUT2D eigenvalue weighted by molar-refractivity contribution is -0.134. The molecule has 0 saturated heterocycles. The minimum Gasteiger partial charge on any atom is -0.336 e. The lowest BCUT2D eigenvalue weighted by Crippen LogP contribution is -2.36. The zero-order valence-electron chi connectivity index (χ0n) is 11.0. The summed E-state index contributed by atoms with van der Waals surface area (Å²) >= 11 is 5.95. The summed E-state index contributed by atoms with van der Waals surface area (Å²) in [6.45, 7) is 2.09. The predicted molar refractivity (Wildman–Crippen MR) is 75.0 cm³/mol. The van der Waals surface area contributed by atoms with Gasteiger partial charge in [-0.1, -0.05) is 30.7 Å². The van der Waals surface area contributed by atoms with Crippen molar-refractivity contribution in [3.63, 3.8) is 0 Å². The number of nitrogens with zero attached hydrogens (tertiary/aromatic N) is 1. The molecule has 0 bridgehead atoms. The van der Waals surface area contributed by atoms with Crippen LogP contribution in [0.3, 0.4) is 0 Å². The largest absolute Gasteiger partial charge is 0.336 e. The molecule has 1 saturated carbocycles. The van der Waals surface area contributed by atoms with E-state index >= 15 is 0 Å². The summed E-state index contributed by atoms with van der Waals surface area (Å²) in [5.41, 5.74) is 0.565. The van der Waals surface area contributed by atoms with E-state index < -0.39 is 0 Å². The number of hydrogen-bond donors (Lipinski definition) is 1. The zero-order valence-corrected chi connectivity index (χ0v) is 11.8. The topological polar surface area (TPSA) is 49.4 Å². The maximum Gasteiger partial charge on any atom is 0.244 e. The summed E-state index contributed by atoms with van der Waals surface area (Å²) in [7, 11) is 1.65. The third-order valence-electron chi connectivity index (χ3n) is 3.33. The fourth-order valence-electron chi connectivity index (χ4n) is 1.99. The summed E-state index contributed by atoms with van der Waals surface area (Å²) in [5.74, 6) is 0.346. The van der Waals surface area contributed by atoms with Crippen molar-refractivity contribution in [2.45, 2.75) is 13.3 Å². The van der Waals surface area contributed by atoms with Gasteiger partial charge in [0.1, 0.15) is 0 Å². The van der Waals surface area contributed by atoms with Gasteiger partial charge in [0.15, 0.2) is 0 Å². The van der Waals surface area contributed by atoms with Gasteiger partial charge in [0, 0.05) is 13.0 Å². The van der Waals surface area contributed by atoms with E-state index in [1.54, 1.807) is 31.3 Å². The number of rotatable bonds is 4. The van der Waals surface area contributed by atoms with Gasteiger partial charge in [0.2, 0.25) is 11.8 Å². The van der Waals surface area contributed by atoms with Gasteiger partial charge in [-0.3, -0.25) is 9.59 Å². The number of anilines is 1. The van der Waals surface area contributed by atoms with Crippen molar-refractivity contribution >= 4 is 29.1 Å². The Morgan fingerprint density at radius 2 is 2.05 bits per heavy atom. The lowest BCUT2D eigenvalue weighted by atomic mass is 10.3. The van der Waals surface area contributed by atoms with Crippen LogP contribution >= 0.6 is 11.6 Å². The molecular formula is C14H17ClN2O2. The molecule has 0 spiro atoms. The standard InChI is InChI=1S/C14H17ClN2O2/c1-9-7-10(9)14(19)17(2)8-13(18)16-12-6-4-3-5-11(12)15/h3-6,9-10H,7-8H2,1-2H3,(H,16,18)/t9-,10+/m0/s1. The predicted octanol–water partition coefficient (Wildman–Crippen LogP) is 2.39. The van der Waals surface area contributed by atoms with E-state index in [2.05, 4.69) is 5.32 Å². The number of carbonyl (C=O) groups is 2. The Bertz CT molecular complexity index is 504. The van der Waals surface area contributed by atoms with Crippen molar-refractivity contribution in [2.75, 3.05) is 18.9 Å². The first-order chi connectivity index (χ1) is 8.99. The third kappa shape index (κ3) is 3.47. The number of amides is 2. The molecule has 5 heteroatoms. The summed E-state index contributed by atoms with van der Waals surface area (Å²) in [6.07, 6.45) is 0.926. The number of carbonyl (C=O) groups excluding carboxylic acids is 2. The van der Waals surface area contributed by atoms with Crippen LogP contribution in [-0.2, 0) is 9.59 Å². The van der Waals surface area contributed by atoms with E-state index in [9.17, 15) is 9.59 Å². The van der Waals surface area contributed by atoms with Crippen LogP contribution in [0.5, 0.6) is 0 Å². The minimum absolute atomic E-state index is 0.0433. The lowest BCUT2D eigenvalue weighted by Gasteiger charge is -2.17. The molecule has 1 aromatic rings. The maximum atomic E-state index is 11.9. The van der Waals surface area contributed by atoms with Crippen LogP contribution in [0.25, 0.3) is 0 Å². The second-order valence-corrected chi connectivity index (χ2v) is 5.45. The van der Waals surface area contributed by atoms with E-state index in [1.807, 2.05) is 6.92 Å². The van der Waals surface area contributed by atoms with Gasteiger partial charge in [0.25, 0.3) is 0 Å². The molecule has 2 rings (SSSR count). The number of hydrogen-bond acceptors (Lipinski definition) is 2. The smallest absolute Gasteiger partial charge is 0.244 e. The van der Waals surface area contributed by atoms with Crippen molar-refractivity contribution in [1.29, 1.82) is 0 Å². The number of halogens is 1. The van der Waals surface area contributed by atoms with Gasteiger partial charge in [-0.05, 0) is 24.5 Å². The molecule has 1 fully saturated rings. The van der Waals surface area contributed by atoms with E-state index in [1.165, 1.54) is 4.90 Å². The average Bonchev–Trinajstić information content (AvgIpc) is 3.08. The van der Waals surface area contributed by atoms with Gasteiger partial charge in [-0.25, -0.2) is 0 Å². The highest BCUT2D eigenvalue weighted by Crippen LogP contribution is 2.38. The summed E-state index contributed by atoms with van der Waals surface area (Å²) < 4.78 is 0. The Morgan fingerprint density at radius 1 is 1.42 bits per heavy atom. The number of nitrogens with one attached hydrogen (secondary N) is 1. The molecule has 0 radical (unpaired) electrons. The van der Waals surface area contributed by atoms with Crippen LogP contribution in [0, 0.1) is 11.8 Å². The molecule has 1 N–H and O–H groups in total. The Kier molecular flexibility index (Phi) is 4.10. The van der Waals surface area contributed by atoms with E-state index in [0.717, 1.165) is 6.42 Å². The molecule has 2 amide bonds. The molecule has 102 valence electrons. The third-order valence-corrected chi connectivity index (χ3v) is 3.66. The van der Waals surface area contributed by atoms with Gasteiger partial charge >= 0.3 is 0 Å². The SMILES string of the molecule is C[C@H]1C[C@H]1C(=O)N(C)CC(=O)Nc1ccccc1Cl.